The first-order valence-electron chi connectivity index (χ1n) is 6.34. The number of aryl methyl sites for hydroxylation is 2. The highest BCUT2D eigenvalue weighted by Crippen LogP contribution is 2.25. The fraction of sp³-hybridized carbons (Fsp3) is 0.312. The van der Waals surface area contributed by atoms with Crippen LogP contribution in [0.1, 0.15) is 34.7 Å². The van der Waals surface area contributed by atoms with E-state index < -0.39 is 0 Å². The van der Waals surface area contributed by atoms with Crippen molar-refractivity contribution in [2.45, 2.75) is 32.1 Å². The number of halogens is 1. The van der Waals surface area contributed by atoms with Gasteiger partial charge in [0.25, 0.3) is 0 Å². The third-order valence-corrected chi connectivity index (χ3v) is 3.65. The Balaban J connectivity index is 2.11. The van der Waals surface area contributed by atoms with Crippen LogP contribution in [0, 0.1) is 6.92 Å². The lowest BCUT2D eigenvalue weighted by atomic mass is 10.0. The molecule has 94 valence electrons. The Morgan fingerprint density at radius 1 is 1.17 bits per heavy atom. The van der Waals surface area contributed by atoms with E-state index in [4.69, 9.17) is 11.6 Å². The lowest BCUT2D eigenvalue weighted by molar-refractivity contribution is 0.868. The molecule has 0 spiro atoms. The van der Waals surface area contributed by atoms with Gasteiger partial charge in [0.2, 0.25) is 0 Å². The molecule has 0 aliphatic rings. The second kappa shape index (κ2) is 6.01. The molecule has 0 saturated carbocycles. The van der Waals surface area contributed by atoms with Crippen LogP contribution in [0.5, 0.6) is 0 Å². The van der Waals surface area contributed by atoms with Gasteiger partial charge in [0, 0.05) is 18.3 Å². The molecule has 1 heterocycles. The van der Waals surface area contributed by atoms with Crippen LogP contribution in [0.15, 0.2) is 42.6 Å². The van der Waals surface area contributed by atoms with Gasteiger partial charge in [0.05, 0.1) is 5.38 Å². The Bertz CT molecular complexity index is 505. The average Bonchev–Trinajstić information content (AvgIpc) is 2.41. The summed E-state index contributed by atoms with van der Waals surface area (Å²) in [6, 6.07) is 12.6. The maximum Gasteiger partial charge on any atom is 0.0640 e. The summed E-state index contributed by atoms with van der Waals surface area (Å²) in [5, 5.41) is -0.00972. The second-order valence-electron chi connectivity index (χ2n) is 4.53. The number of benzene rings is 1. The molecule has 1 aromatic heterocycles. The molecular weight excluding hydrogens is 242 g/mol. The SMILES string of the molecule is CCc1ccc(C(Cl)Cc2ncccc2C)cc1. The van der Waals surface area contributed by atoms with Gasteiger partial charge in [-0.05, 0) is 36.1 Å². The highest BCUT2D eigenvalue weighted by atomic mass is 35.5. The molecular formula is C16H18ClN. The van der Waals surface area contributed by atoms with E-state index in [1.165, 1.54) is 16.7 Å². The molecule has 2 aromatic rings. The van der Waals surface area contributed by atoms with Crippen molar-refractivity contribution >= 4 is 11.6 Å². The fourth-order valence-electron chi connectivity index (χ4n) is 1.98. The van der Waals surface area contributed by atoms with Crippen LogP contribution in [0.25, 0.3) is 0 Å². The van der Waals surface area contributed by atoms with E-state index in [1.54, 1.807) is 0 Å². The van der Waals surface area contributed by atoms with Crippen LogP contribution in [0.2, 0.25) is 0 Å². The summed E-state index contributed by atoms with van der Waals surface area (Å²) in [4.78, 5) is 4.39. The summed E-state index contributed by atoms with van der Waals surface area (Å²) in [5.74, 6) is 0. The van der Waals surface area contributed by atoms with Crippen LogP contribution in [0.4, 0.5) is 0 Å². The third kappa shape index (κ3) is 3.11. The van der Waals surface area contributed by atoms with Crippen LogP contribution >= 0.6 is 11.6 Å². The number of aromatic nitrogens is 1. The van der Waals surface area contributed by atoms with E-state index in [1.807, 2.05) is 12.3 Å². The van der Waals surface area contributed by atoms with Crippen LogP contribution in [-0.2, 0) is 12.8 Å². The molecule has 1 aromatic carbocycles. The zero-order valence-electron chi connectivity index (χ0n) is 10.9. The molecule has 2 rings (SSSR count). The zero-order chi connectivity index (χ0) is 13.0. The molecule has 0 saturated heterocycles. The molecule has 0 aliphatic carbocycles. The lowest BCUT2D eigenvalue weighted by Gasteiger charge is -2.11. The van der Waals surface area contributed by atoms with Gasteiger partial charge in [-0.2, -0.15) is 0 Å². The van der Waals surface area contributed by atoms with Crippen LogP contribution < -0.4 is 0 Å². The van der Waals surface area contributed by atoms with E-state index in [9.17, 15) is 0 Å². The molecule has 2 heteroatoms. The van der Waals surface area contributed by atoms with Gasteiger partial charge in [-0.25, -0.2) is 0 Å². The number of nitrogens with zero attached hydrogens (tertiary/aromatic N) is 1. The van der Waals surface area contributed by atoms with E-state index in [2.05, 4.69) is 49.2 Å². The van der Waals surface area contributed by atoms with Crippen molar-refractivity contribution in [3.63, 3.8) is 0 Å². The summed E-state index contributed by atoms with van der Waals surface area (Å²) < 4.78 is 0. The molecule has 1 unspecified atom stereocenters. The number of rotatable bonds is 4. The maximum atomic E-state index is 6.47. The van der Waals surface area contributed by atoms with Crippen LogP contribution in [0.3, 0.4) is 0 Å². The summed E-state index contributed by atoms with van der Waals surface area (Å²) >= 11 is 6.47. The predicted octanol–water partition coefficient (Wildman–Crippen LogP) is 4.48. The Hall–Kier alpha value is -1.34. The Morgan fingerprint density at radius 3 is 2.50 bits per heavy atom. The highest BCUT2D eigenvalue weighted by Gasteiger charge is 2.11. The highest BCUT2D eigenvalue weighted by molar-refractivity contribution is 6.20. The minimum absolute atomic E-state index is 0.00972. The topological polar surface area (TPSA) is 12.9 Å². The standard InChI is InChI=1S/C16H18ClN/c1-3-13-6-8-14(9-7-13)15(17)11-16-12(2)5-4-10-18-16/h4-10,15H,3,11H2,1-2H3. The van der Waals surface area contributed by atoms with Gasteiger partial charge < -0.3 is 0 Å². The molecule has 0 N–H and O–H groups in total. The normalized spacial score (nSPS) is 12.4. The molecule has 1 nitrogen and oxygen atoms in total. The van der Waals surface area contributed by atoms with E-state index in [0.717, 1.165) is 18.5 Å². The molecule has 0 fully saturated rings. The summed E-state index contributed by atoms with van der Waals surface area (Å²) in [6.45, 7) is 4.23. The number of hydrogen-bond acceptors (Lipinski definition) is 1. The monoisotopic (exact) mass is 259 g/mol. The van der Waals surface area contributed by atoms with E-state index >= 15 is 0 Å². The van der Waals surface area contributed by atoms with Crippen molar-refractivity contribution < 1.29 is 0 Å². The predicted molar refractivity (Wildman–Crippen MR) is 77.1 cm³/mol. The Kier molecular flexibility index (Phi) is 4.38. The van der Waals surface area contributed by atoms with E-state index in [-0.39, 0.29) is 5.38 Å². The van der Waals surface area contributed by atoms with Gasteiger partial charge >= 0.3 is 0 Å². The number of hydrogen-bond donors (Lipinski definition) is 0. The summed E-state index contributed by atoms with van der Waals surface area (Å²) in [5.41, 5.74) is 4.79. The lowest BCUT2D eigenvalue weighted by Crippen LogP contribution is -2.00. The first kappa shape index (κ1) is 13.1. The minimum Gasteiger partial charge on any atom is -0.261 e. The molecule has 0 bridgehead atoms. The maximum absolute atomic E-state index is 6.47. The van der Waals surface area contributed by atoms with Crippen molar-refractivity contribution in [3.8, 4) is 0 Å². The smallest absolute Gasteiger partial charge is 0.0640 e. The van der Waals surface area contributed by atoms with Gasteiger partial charge in [0.1, 0.15) is 0 Å². The number of alkyl halides is 1. The molecule has 0 radical (unpaired) electrons. The van der Waals surface area contributed by atoms with Crippen molar-refractivity contribution in [2.24, 2.45) is 0 Å². The Labute approximate surface area is 114 Å². The molecule has 0 aliphatic heterocycles. The van der Waals surface area contributed by atoms with Crippen molar-refractivity contribution in [1.29, 1.82) is 0 Å². The number of pyridine rings is 1. The van der Waals surface area contributed by atoms with Gasteiger partial charge in [0.15, 0.2) is 0 Å². The molecule has 0 amide bonds. The second-order valence-corrected chi connectivity index (χ2v) is 5.06. The third-order valence-electron chi connectivity index (χ3n) is 3.24. The van der Waals surface area contributed by atoms with Crippen molar-refractivity contribution in [2.75, 3.05) is 0 Å². The first-order valence-corrected chi connectivity index (χ1v) is 6.77. The largest absolute Gasteiger partial charge is 0.261 e. The fourth-order valence-corrected chi connectivity index (χ4v) is 2.27. The molecule has 18 heavy (non-hydrogen) atoms. The van der Waals surface area contributed by atoms with E-state index in [0.29, 0.717) is 0 Å². The van der Waals surface area contributed by atoms with Crippen LogP contribution in [-0.4, -0.2) is 4.98 Å². The zero-order valence-corrected chi connectivity index (χ0v) is 11.6. The average molecular weight is 260 g/mol. The van der Waals surface area contributed by atoms with Gasteiger partial charge in [-0.15, -0.1) is 11.6 Å². The summed E-state index contributed by atoms with van der Waals surface area (Å²) in [6.07, 6.45) is 3.67. The van der Waals surface area contributed by atoms with Crippen molar-refractivity contribution in [1.82, 2.24) is 4.98 Å². The molecule has 1 atom stereocenters. The minimum atomic E-state index is -0.00972. The van der Waals surface area contributed by atoms with Gasteiger partial charge in [-0.3, -0.25) is 4.98 Å². The Morgan fingerprint density at radius 2 is 1.89 bits per heavy atom. The first-order chi connectivity index (χ1) is 8.70. The van der Waals surface area contributed by atoms with Crippen molar-refractivity contribution in [3.05, 3.63) is 65.0 Å². The summed E-state index contributed by atoms with van der Waals surface area (Å²) in [7, 11) is 0. The quantitative estimate of drug-likeness (QED) is 0.738. The van der Waals surface area contributed by atoms with Gasteiger partial charge in [-0.1, -0.05) is 37.3 Å².